The summed E-state index contributed by atoms with van der Waals surface area (Å²) in [4.78, 5) is 10.5. The van der Waals surface area contributed by atoms with E-state index >= 15 is 0 Å². The molecule has 0 spiro atoms. The Morgan fingerprint density at radius 3 is 2.83 bits per heavy atom. The number of ether oxygens (including phenoxy) is 1. The molecular formula is C7H13NO4. The second-order valence-electron chi connectivity index (χ2n) is 2.71. The van der Waals surface area contributed by atoms with Gasteiger partial charge in [-0.25, -0.2) is 0 Å². The summed E-state index contributed by atoms with van der Waals surface area (Å²) >= 11 is 0. The minimum atomic E-state index is -1.04. The van der Waals surface area contributed by atoms with Crippen LogP contribution in [0, 0.1) is 0 Å². The van der Waals surface area contributed by atoms with E-state index in [1.807, 2.05) is 0 Å². The zero-order valence-electron chi connectivity index (χ0n) is 6.86. The number of carboxylic acids is 1. The summed E-state index contributed by atoms with van der Waals surface area (Å²) in [5.41, 5.74) is 0. The highest BCUT2D eigenvalue weighted by molar-refractivity contribution is 5.74. The SMILES string of the molecule is CCO[C@@H]1CN[C@H](C(=O)O)[C@H]1O. The van der Waals surface area contributed by atoms with E-state index in [2.05, 4.69) is 5.32 Å². The van der Waals surface area contributed by atoms with Crippen molar-refractivity contribution in [1.29, 1.82) is 0 Å². The number of nitrogens with one attached hydrogen (secondary N) is 1. The molecule has 0 aromatic rings. The van der Waals surface area contributed by atoms with Gasteiger partial charge in [-0.05, 0) is 6.92 Å². The molecule has 70 valence electrons. The van der Waals surface area contributed by atoms with Crippen LogP contribution in [-0.4, -0.2) is 47.6 Å². The van der Waals surface area contributed by atoms with Gasteiger partial charge in [-0.3, -0.25) is 10.1 Å². The van der Waals surface area contributed by atoms with Gasteiger partial charge in [0.25, 0.3) is 0 Å². The molecule has 1 heterocycles. The number of hydrogen-bond acceptors (Lipinski definition) is 4. The first-order valence-electron chi connectivity index (χ1n) is 3.92. The zero-order valence-corrected chi connectivity index (χ0v) is 6.86. The summed E-state index contributed by atoms with van der Waals surface area (Å²) in [7, 11) is 0. The summed E-state index contributed by atoms with van der Waals surface area (Å²) in [6.45, 7) is 2.68. The molecule has 3 N–H and O–H groups in total. The van der Waals surface area contributed by atoms with Crippen LogP contribution >= 0.6 is 0 Å². The van der Waals surface area contributed by atoms with E-state index < -0.39 is 24.2 Å². The Morgan fingerprint density at radius 1 is 1.75 bits per heavy atom. The number of rotatable bonds is 3. The van der Waals surface area contributed by atoms with Crippen molar-refractivity contribution >= 4 is 5.97 Å². The van der Waals surface area contributed by atoms with E-state index in [0.29, 0.717) is 13.2 Å². The summed E-state index contributed by atoms with van der Waals surface area (Å²) in [5.74, 6) is -1.04. The maximum absolute atomic E-state index is 10.5. The molecule has 0 saturated carbocycles. The van der Waals surface area contributed by atoms with Crippen molar-refractivity contribution in [2.45, 2.75) is 25.2 Å². The van der Waals surface area contributed by atoms with Crippen LogP contribution < -0.4 is 5.32 Å². The second kappa shape index (κ2) is 3.84. The van der Waals surface area contributed by atoms with Gasteiger partial charge in [-0.2, -0.15) is 0 Å². The van der Waals surface area contributed by atoms with Gasteiger partial charge in [0.1, 0.15) is 12.1 Å². The fourth-order valence-electron chi connectivity index (χ4n) is 1.30. The van der Waals surface area contributed by atoms with E-state index in [1.165, 1.54) is 0 Å². The van der Waals surface area contributed by atoms with Crippen molar-refractivity contribution in [2.24, 2.45) is 0 Å². The van der Waals surface area contributed by atoms with Crippen LogP contribution in [0.5, 0.6) is 0 Å². The van der Waals surface area contributed by atoms with Gasteiger partial charge >= 0.3 is 5.97 Å². The molecule has 5 nitrogen and oxygen atoms in total. The smallest absolute Gasteiger partial charge is 0.323 e. The number of aliphatic hydroxyl groups is 1. The highest BCUT2D eigenvalue weighted by Crippen LogP contribution is 2.11. The highest BCUT2D eigenvalue weighted by atomic mass is 16.5. The molecule has 12 heavy (non-hydrogen) atoms. The van der Waals surface area contributed by atoms with Gasteiger partial charge in [-0.1, -0.05) is 0 Å². The van der Waals surface area contributed by atoms with Crippen LogP contribution in [0.3, 0.4) is 0 Å². The van der Waals surface area contributed by atoms with Crippen molar-refractivity contribution in [2.75, 3.05) is 13.2 Å². The molecule has 0 aromatic heterocycles. The van der Waals surface area contributed by atoms with E-state index in [-0.39, 0.29) is 0 Å². The molecule has 0 aromatic carbocycles. The Kier molecular flexibility index (Phi) is 3.02. The highest BCUT2D eigenvalue weighted by Gasteiger charge is 2.39. The van der Waals surface area contributed by atoms with E-state index in [4.69, 9.17) is 9.84 Å². The minimum absolute atomic E-state index is 0.393. The molecule has 1 rings (SSSR count). The largest absolute Gasteiger partial charge is 0.480 e. The summed E-state index contributed by atoms with van der Waals surface area (Å²) < 4.78 is 5.12. The lowest BCUT2D eigenvalue weighted by atomic mass is 10.1. The van der Waals surface area contributed by atoms with Gasteiger partial charge in [0, 0.05) is 13.2 Å². The fraction of sp³-hybridized carbons (Fsp3) is 0.857. The van der Waals surface area contributed by atoms with Gasteiger partial charge in [0.05, 0.1) is 6.10 Å². The molecule has 1 aliphatic rings. The molecule has 3 atom stereocenters. The molecule has 0 radical (unpaired) electrons. The number of hydrogen-bond donors (Lipinski definition) is 3. The standard InChI is InChI=1S/C7H13NO4/c1-2-12-4-3-8-5(6(4)9)7(10)11/h4-6,8-9H,2-3H2,1H3,(H,10,11)/t4-,5+,6+/m1/s1. The number of carbonyl (C=O) groups is 1. The Bertz CT molecular complexity index is 173. The molecule has 5 heteroatoms. The Labute approximate surface area is 70.3 Å². The molecule has 1 saturated heterocycles. The van der Waals surface area contributed by atoms with Gasteiger partial charge in [0.15, 0.2) is 0 Å². The average Bonchev–Trinajstić information content (AvgIpc) is 2.34. The third-order valence-corrected chi connectivity index (χ3v) is 1.91. The van der Waals surface area contributed by atoms with Crippen LogP contribution in [0.15, 0.2) is 0 Å². The fourth-order valence-corrected chi connectivity index (χ4v) is 1.30. The van der Waals surface area contributed by atoms with Crippen LogP contribution in [0.2, 0.25) is 0 Å². The van der Waals surface area contributed by atoms with Crippen molar-refractivity contribution in [3.8, 4) is 0 Å². The molecule has 1 aliphatic heterocycles. The van der Waals surface area contributed by atoms with Crippen molar-refractivity contribution < 1.29 is 19.7 Å². The number of aliphatic carboxylic acids is 1. The average molecular weight is 175 g/mol. The monoisotopic (exact) mass is 175 g/mol. The van der Waals surface area contributed by atoms with Gasteiger partial charge < -0.3 is 14.9 Å². The lowest BCUT2D eigenvalue weighted by molar-refractivity contribution is -0.142. The maximum atomic E-state index is 10.5. The summed E-state index contributed by atoms with van der Waals surface area (Å²) in [5, 5.41) is 20.6. The van der Waals surface area contributed by atoms with Crippen LogP contribution in [0.1, 0.15) is 6.92 Å². The van der Waals surface area contributed by atoms with E-state index in [9.17, 15) is 9.90 Å². The normalized spacial score (nSPS) is 35.3. The maximum Gasteiger partial charge on any atom is 0.323 e. The Morgan fingerprint density at radius 2 is 2.42 bits per heavy atom. The molecule has 0 bridgehead atoms. The predicted molar refractivity (Wildman–Crippen MR) is 40.8 cm³/mol. The Hall–Kier alpha value is -0.650. The summed E-state index contributed by atoms with van der Waals surface area (Å²) in [6.07, 6.45) is -1.33. The molecule has 0 amide bonds. The lowest BCUT2D eigenvalue weighted by Crippen LogP contribution is -2.40. The third kappa shape index (κ3) is 1.74. The number of aliphatic hydroxyl groups excluding tert-OH is 1. The first-order chi connectivity index (χ1) is 5.66. The topological polar surface area (TPSA) is 78.8 Å². The van der Waals surface area contributed by atoms with Crippen molar-refractivity contribution in [3.63, 3.8) is 0 Å². The van der Waals surface area contributed by atoms with Crippen molar-refractivity contribution in [1.82, 2.24) is 5.32 Å². The van der Waals surface area contributed by atoms with Gasteiger partial charge in [-0.15, -0.1) is 0 Å². The lowest BCUT2D eigenvalue weighted by Gasteiger charge is -2.15. The molecular weight excluding hydrogens is 162 g/mol. The third-order valence-electron chi connectivity index (χ3n) is 1.91. The predicted octanol–water partition coefficient (Wildman–Crippen LogP) is -1.19. The second-order valence-corrected chi connectivity index (χ2v) is 2.71. The molecule has 0 unspecified atom stereocenters. The number of carboxylic acid groups (broad SMARTS) is 1. The quantitative estimate of drug-likeness (QED) is 0.502. The van der Waals surface area contributed by atoms with Crippen LogP contribution in [-0.2, 0) is 9.53 Å². The van der Waals surface area contributed by atoms with Gasteiger partial charge in [0.2, 0.25) is 0 Å². The first-order valence-corrected chi connectivity index (χ1v) is 3.92. The summed E-state index contributed by atoms with van der Waals surface area (Å²) in [6, 6.07) is -0.887. The Balaban J connectivity index is 2.48. The minimum Gasteiger partial charge on any atom is -0.480 e. The van der Waals surface area contributed by atoms with E-state index in [0.717, 1.165) is 0 Å². The van der Waals surface area contributed by atoms with Crippen LogP contribution in [0.25, 0.3) is 0 Å². The molecule has 1 fully saturated rings. The molecule has 0 aliphatic carbocycles. The van der Waals surface area contributed by atoms with Crippen LogP contribution in [0.4, 0.5) is 0 Å². The van der Waals surface area contributed by atoms with Crippen molar-refractivity contribution in [3.05, 3.63) is 0 Å². The first kappa shape index (κ1) is 9.44. The van der Waals surface area contributed by atoms with E-state index in [1.54, 1.807) is 6.92 Å². The zero-order chi connectivity index (χ0) is 9.14.